The normalized spacial score (nSPS) is 10.9. The first-order chi connectivity index (χ1) is 6.65. The first kappa shape index (κ1) is 10.0. The topological polar surface area (TPSA) is 39.4 Å². The predicted molar refractivity (Wildman–Crippen MR) is 57.3 cm³/mol. The lowest BCUT2D eigenvalue weighted by Crippen LogP contribution is -1.97. The highest BCUT2D eigenvalue weighted by molar-refractivity contribution is 9.10. The second-order valence-corrected chi connectivity index (χ2v) is 4.02. The number of nitrogens with zero attached hydrogens (tertiary/aromatic N) is 3. The van der Waals surface area contributed by atoms with Gasteiger partial charge in [0.15, 0.2) is 21.7 Å². The van der Waals surface area contributed by atoms with E-state index < -0.39 is 0 Å². The molecule has 0 atom stereocenters. The van der Waals surface area contributed by atoms with Crippen molar-refractivity contribution in [2.75, 3.05) is 7.11 Å². The van der Waals surface area contributed by atoms with Crippen LogP contribution in [0.2, 0.25) is 10.3 Å². The minimum atomic E-state index is 0.214. The Morgan fingerprint density at radius 1 is 1.50 bits per heavy atom. The van der Waals surface area contributed by atoms with Gasteiger partial charge in [-0.25, -0.2) is 4.98 Å². The van der Waals surface area contributed by atoms with Crippen molar-refractivity contribution in [3.8, 4) is 5.75 Å². The van der Waals surface area contributed by atoms with Crippen LogP contribution in [0.25, 0.3) is 5.65 Å². The van der Waals surface area contributed by atoms with Crippen molar-refractivity contribution in [1.82, 2.24) is 14.6 Å². The molecule has 0 fully saturated rings. The van der Waals surface area contributed by atoms with E-state index in [4.69, 9.17) is 27.9 Å². The molecule has 2 aromatic rings. The van der Waals surface area contributed by atoms with Gasteiger partial charge in [0.05, 0.1) is 17.8 Å². The summed E-state index contributed by atoms with van der Waals surface area (Å²) in [5.41, 5.74) is 0.556. The van der Waals surface area contributed by atoms with Gasteiger partial charge >= 0.3 is 0 Å². The smallest absolute Gasteiger partial charge is 0.193 e. The zero-order valence-corrected chi connectivity index (χ0v) is 10.1. The number of halogens is 3. The molecule has 14 heavy (non-hydrogen) atoms. The van der Waals surface area contributed by atoms with Gasteiger partial charge in [-0.05, 0) is 15.9 Å². The molecule has 0 unspecified atom stereocenters. The molecular weight excluding hydrogens is 293 g/mol. The summed E-state index contributed by atoms with van der Waals surface area (Å²) in [6, 6.07) is 0. The second-order valence-electron chi connectivity index (χ2n) is 2.45. The van der Waals surface area contributed by atoms with Crippen LogP contribution in [0, 0.1) is 0 Å². The lowest BCUT2D eigenvalue weighted by Gasteiger charge is -2.05. The summed E-state index contributed by atoms with van der Waals surface area (Å²) >= 11 is 15.1. The van der Waals surface area contributed by atoms with Gasteiger partial charge in [0.25, 0.3) is 0 Å². The lowest BCUT2D eigenvalue weighted by atomic mass is 10.5. The van der Waals surface area contributed by atoms with Crippen molar-refractivity contribution in [3.63, 3.8) is 0 Å². The lowest BCUT2D eigenvalue weighted by molar-refractivity contribution is 0.410. The van der Waals surface area contributed by atoms with Crippen molar-refractivity contribution >= 4 is 44.8 Å². The molecule has 0 aromatic carbocycles. The molecule has 2 rings (SSSR count). The molecule has 0 aliphatic heterocycles. The van der Waals surface area contributed by atoms with Gasteiger partial charge in [0.2, 0.25) is 0 Å². The Balaban J connectivity index is 2.87. The van der Waals surface area contributed by atoms with Crippen LogP contribution < -0.4 is 4.74 Å². The standard InChI is InChI=1S/C7H4BrCl2N3O/c1-14-4-5(9)12-7-3(8)2-11-13(7)6(4)10/h2H,1H3. The largest absolute Gasteiger partial charge is 0.491 e. The monoisotopic (exact) mass is 295 g/mol. The minimum Gasteiger partial charge on any atom is -0.491 e. The summed E-state index contributed by atoms with van der Waals surface area (Å²) in [7, 11) is 1.47. The predicted octanol–water partition coefficient (Wildman–Crippen LogP) is 2.81. The van der Waals surface area contributed by atoms with Crippen molar-refractivity contribution < 1.29 is 4.74 Å². The van der Waals surface area contributed by atoms with E-state index in [0.717, 1.165) is 4.47 Å². The summed E-state index contributed by atoms with van der Waals surface area (Å²) in [5.74, 6) is 0.316. The summed E-state index contributed by atoms with van der Waals surface area (Å²) in [6.07, 6.45) is 1.59. The molecule has 0 amide bonds. The van der Waals surface area contributed by atoms with Crippen LogP contribution in [0.15, 0.2) is 10.7 Å². The third-order valence-corrected chi connectivity index (χ3v) is 2.82. The number of hydrogen-bond acceptors (Lipinski definition) is 3. The molecule has 74 valence electrons. The average Bonchev–Trinajstić information content (AvgIpc) is 2.49. The van der Waals surface area contributed by atoms with E-state index in [0.29, 0.717) is 16.5 Å². The van der Waals surface area contributed by atoms with E-state index in [1.165, 1.54) is 11.6 Å². The molecule has 4 nitrogen and oxygen atoms in total. The van der Waals surface area contributed by atoms with E-state index in [2.05, 4.69) is 26.0 Å². The molecule has 0 bridgehead atoms. The number of hydrogen-bond donors (Lipinski definition) is 0. The van der Waals surface area contributed by atoms with Gasteiger partial charge in [-0.3, -0.25) is 0 Å². The molecule has 7 heteroatoms. The number of methoxy groups -OCH3 is 1. The van der Waals surface area contributed by atoms with Crippen molar-refractivity contribution in [1.29, 1.82) is 0 Å². The van der Waals surface area contributed by atoms with Gasteiger partial charge < -0.3 is 4.74 Å². The molecule has 0 aliphatic rings. The Bertz CT molecular complexity index is 499. The molecule has 0 saturated carbocycles. The SMILES string of the molecule is COc1c(Cl)nc2c(Br)cnn2c1Cl. The van der Waals surface area contributed by atoms with Gasteiger partial charge in [-0.15, -0.1) is 0 Å². The summed E-state index contributed by atoms with van der Waals surface area (Å²) in [6.45, 7) is 0. The molecule has 2 heterocycles. The van der Waals surface area contributed by atoms with Gasteiger partial charge in [-0.1, -0.05) is 23.2 Å². The highest BCUT2D eigenvalue weighted by Crippen LogP contribution is 2.32. The maximum atomic E-state index is 5.99. The molecule has 2 aromatic heterocycles. The van der Waals surface area contributed by atoms with Gasteiger partial charge in [0, 0.05) is 0 Å². The van der Waals surface area contributed by atoms with E-state index in [-0.39, 0.29) is 5.15 Å². The van der Waals surface area contributed by atoms with Crippen LogP contribution >= 0.6 is 39.1 Å². The maximum Gasteiger partial charge on any atom is 0.193 e. The zero-order valence-electron chi connectivity index (χ0n) is 6.96. The van der Waals surface area contributed by atoms with E-state index in [1.54, 1.807) is 6.20 Å². The van der Waals surface area contributed by atoms with Gasteiger partial charge in [-0.2, -0.15) is 9.61 Å². The fourth-order valence-electron chi connectivity index (χ4n) is 1.06. The van der Waals surface area contributed by atoms with Crippen molar-refractivity contribution in [2.24, 2.45) is 0 Å². The van der Waals surface area contributed by atoms with Crippen LogP contribution in [0.3, 0.4) is 0 Å². The molecule has 0 radical (unpaired) electrons. The Kier molecular flexibility index (Phi) is 2.55. The highest BCUT2D eigenvalue weighted by Gasteiger charge is 2.15. The molecule has 0 spiro atoms. The third-order valence-electron chi connectivity index (χ3n) is 1.67. The quantitative estimate of drug-likeness (QED) is 0.760. The Labute approximate surface area is 97.9 Å². The first-order valence-electron chi connectivity index (χ1n) is 3.57. The fraction of sp³-hybridized carbons (Fsp3) is 0.143. The van der Waals surface area contributed by atoms with Crippen LogP contribution in [0.4, 0.5) is 0 Å². The van der Waals surface area contributed by atoms with Gasteiger partial charge in [0.1, 0.15) is 0 Å². The number of fused-ring (bicyclic) bond motifs is 1. The summed E-state index contributed by atoms with van der Waals surface area (Å²) < 4.78 is 7.16. The Hall–Kier alpha value is -0.520. The van der Waals surface area contributed by atoms with E-state index in [1.807, 2.05) is 0 Å². The maximum absolute atomic E-state index is 5.99. The zero-order chi connectivity index (χ0) is 10.3. The Morgan fingerprint density at radius 3 is 2.86 bits per heavy atom. The summed E-state index contributed by atoms with van der Waals surface area (Å²) in [5, 5.41) is 4.52. The first-order valence-corrected chi connectivity index (χ1v) is 5.12. The number of aromatic nitrogens is 3. The van der Waals surface area contributed by atoms with Crippen LogP contribution in [-0.2, 0) is 0 Å². The number of ether oxygens (including phenoxy) is 1. The minimum absolute atomic E-state index is 0.214. The summed E-state index contributed by atoms with van der Waals surface area (Å²) in [4.78, 5) is 4.08. The third kappa shape index (κ3) is 1.36. The van der Waals surface area contributed by atoms with Crippen LogP contribution in [0.1, 0.15) is 0 Å². The Morgan fingerprint density at radius 2 is 2.21 bits per heavy atom. The second kappa shape index (κ2) is 3.56. The van der Waals surface area contributed by atoms with Crippen molar-refractivity contribution in [2.45, 2.75) is 0 Å². The van der Waals surface area contributed by atoms with Crippen LogP contribution in [0.5, 0.6) is 5.75 Å². The number of rotatable bonds is 1. The highest BCUT2D eigenvalue weighted by atomic mass is 79.9. The molecule has 0 aliphatic carbocycles. The molecule has 0 saturated heterocycles. The molecular formula is C7H4BrCl2N3O. The molecule has 0 N–H and O–H groups in total. The average molecular weight is 297 g/mol. The van der Waals surface area contributed by atoms with Crippen LogP contribution in [-0.4, -0.2) is 21.7 Å². The fourth-order valence-corrected chi connectivity index (χ4v) is 1.99. The van der Waals surface area contributed by atoms with Crippen molar-refractivity contribution in [3.05, 3.63) is 21.0 Å². The van der Waals surface area contributed by atoms with E-state index >= 15 is 0 Å². The van der Waals surface area contributed by atoms with E-state index in [9.17, 15) is 0 Å².